The molecule has 0 atom stereocenters. The minimum Gasteiger partial charge on any atom is -0.313 e. The molecule has 1 rings (SSSR count). The van der Waals surface area contributed by atoms with Gasteiger partial charge in [0.2, 0.25) is 0 Å². The Kier molecular flexibility index (Phi) is 5.94. The Morgan fingerprint density at radius 2 is 1.76 bits per heavy atom. The molecule has 0 aromatic rings. The highest BCUT2D eigenvalue weighted by molar-refractivity contribution is 4.79. The maximum Gasteiger partial charge on any atom is 0.0148 e. The summed E-state index contributed by atoms with van der Waals surface area (Å²) in [5.74, 6) is 0.953. The smallest absolute Gasteiger partial charge is 0.0148 e. The maximum absolute atomic E-state index is 3.73. The zero-order valence-corrected chi connectivity index (χ0v) is 12.6. The minimum atomic E-state index is 0.336. The van der Waals surface area contributed by atoms with E-state index in [1.165, 1.54) is 32.1 Å². The topological polar surface area (TPSA) is 15.3 Å². The van der Waals surface area contributed by atoms with Gasteiger partial charge in [-0.1, -0.05) is 13.8 Å². The van der Waals surface area contributed by atoms with Gasteiger partial charge in [0.1, 0.15) is 0 Å². The van der Waals surface area contributed by atoms with Gasteiger partial charge in [-0.25, -0.2) is 0 Å². The van der Waals surface area contributed by atoms with Crippen LogP contribution in [0.4, 0.5) is 0 Å². The normalized spacial score (nSPS) is 26.5. The molecule has 1 N–H and O–H groups in total. The van der Waals surface area contributed by atoms with Crippen molar-refractivity contribution in [3.8, 4) is 0 Å². The van der Waals surface area contributed by atoms with E-state index >= 15 is 0 Å². The number of nitrogens with one attached hydrogen (secondary N) is 1. The summed E-state index contributed by atoms with van der Waals surface area (Å²) < 4.78 is 0. The third kappa shape index (κ3) is 4.97. The molecule has 0 aliphatic heterocycles. The molecule has 2 nitrogen and oxygen atoms in total. The van der Waals surface area contributed by atoms with E-state index in [2.05, 4.69) is 45.0 Å². The van der Waals surface area contributed by atoms with Gasteiger partial charge in [-0.3, -0.25) is 4.90 Å². The Labute approximate surface area is 108 Å². The molecule has 1 saturated carbocycles. The highest BCUT2D eigenvalue weighted by atomic mass is 15.2. The molecule has 0 heterocycles. The van der Waals surface area contributed by atoms with Crippen LogP contribution in [-0.2, 0) is 0 Å². The molecule has 0 spiro atoms. The second-order valence-electron chi connectivity index (χ2n) is 6.50. The Balaban J connectivity index is 2.15. The summed E-state index contributed by atoms with van der Waals surface area (Å²) in [5.41, 5.74) is 0.336. The van der Waals surface area contributed by atoms with Gasteiger partial charge in [0.15, 0.2) is 0 Å². The molecular formula is C15H32N2. The lowest BCUT2D eigenvalue weighted by molar-refractivity contribution is 0.148. The van der Waals surface area contributed by atoms with Gasteiger partial charge in [-0.15, -0.1) is 0 Å². The number of hydrogen-bond donors (Lipinski definition) is 1. The summed E-state index contributed by atoms with van der Waals surface area (Å²) in [6, 6.07) is 0.782. The zero-order valence-electron chi connectivity index (χ0n) is 12.6. The Bertz CT molecular complexity index is 205. The lowest BCUT2D eigenvalue weighted by Gasteiger charge is -2.35. The molecule has 0 radical (unpaired) electrons. The average molecular weight is 240 g/mol. The van der Waals surface area contributed by atoms with Crippen LogP contribution in [0, 0.1) is 5.92 Å². The quantitative estimate of drug-likeness (QED) is 0.766. The largest absolute Gasteiger partial charge is 0.313 e. The van der Waals surface area contributed by atoms with Crippen molar-refractivity contribution in [2.45, 2.75) is 71.4 Å². The van der Waals surface area contributed by atoms with Crippen molar-refractivity contribution in [2.75, 3.05) is 20.1 Å². The van der Waals surface area contributed by atoms with Crippen LogP contribution in [0.1, 0.15) is 59.8 Å². The van der Waals surface area contributed by atoms with E-state index in [1.807, 2.05) is 0 Å². The molecule has 0 amide bonds. The van der Waals surface area contributed by atoms with Crippen molar-refractivity contribution in [1.29, 1.82) is 0 Å². The molecule has 0 bridgehead atoms. The maximum atomic E-state index is 3.73. The first-order valence-electron chi connectivity index (χ1n) is 7.40. The van der Waals surface area contributed by atoms with Crippen LogP contribution in [-0.4, -0.2) is 36.6 Å². The third-order valence-electron chi connectivity index (χ3n) is 4.79. The van der Waals surface area contributed by atoms with Crippen LogP contribution >= 0.6 is 0 Å². The van der Waals surface area contributed by atoms with Gasteiger partial charge >= 0.3 is 0 Å². The second-order valence-corrected chi connectivity index (χ2v) is 6.50. The van der Waals surface area contributed by atoms with Crippen LogP contribution in [0.25, 0.3) is 0 Å². The molecule has 2 heteroatoms. The van der Waals surface area contributed by atoms with Gasteiger partial charge in [0.25, 0.3) is 0 Å². The van der Waals surface area contributed by atoms with Crippen molar-refractivity contribution >= 4 is 0 Å². The Morgan fingerprint density at radius 3 is 2.29 bits per heavy atom. The molecule has 1 aliphatic carbocycles. The van der Waals surface area contributed by atoms with Gasteiger partial charge < -0.3 is 5.32 Å². The fourth-order valence-corrected chi connectivity index (χ4v) is 2.47. The van der Waals surface area contributed by atoms with E-state index in [9.17, 15) is 0 Å². The van der Waals surface area contributed by atoms with Crippen molar-refractivity contribution in [1.82, 2.24) is 10.2 Å². The highest BCUT2D eigenvalue weighted by Crippen LogP contribution is 2.23. The van der Waals surface area contributed by atoms with Crippen LogP contribution < -0.4 is 5.32 Å². The molecule has 0 saturated heterocycles. The van der Waals surface area contributed by atoms with E-state index in [1.54, 1.807) is 0 Å². The lowest BCUT2D eigenvalue weighted by Crippen LogP contribution is -2.45. The third-order valence-corrected chi connectivity index (χ3v) is 4.79. The summed E-state index contributed by atoms with van der Waals surface area (Å²) in [5, 5.41) is 3.73. The summed E-state index contributed by atoms with van der Waals surface area (Å²) in [7, 11) is 2.24. The fourth-order valence-electron chi connectivity index (χ4n) is 2.47. The van der Waals surface area contributed by atoms with Crippen LogP contribution in [0.5, 0.6) is 0 Å². The van der Waals surface area contributed by atoms with E-state index < -0.39 is 0 Å². The summed E-state index contributed by atoms with van der Waals surface area (Å²) >= 11 is 0. The van der Waals surface area contributed by atoms with Crippen molar-refractivity contribution in [3.63, 3.8) is 0 Å². The first-order valence-corrected chi connectivity index (χ1v) is 7.40. The predicted molar refractivity (Wildman–Crippen MR) is 76.4 cm³/mol. The molecule has 17 heavy (non-hydrogen) atoms. The van der Waals surface area contributed by atoms with Gasteiger partial charge in [-0.2, -0.15) is 0 Å². The lowest BCUT2D eigenvalue weighted by atomic mass is 9.87. The fraction of sp³-hybridized carbons (Fsp3) is 1.00. The van der Waals surface area contributed by atoms with Gasteiger partial charge in [0.05, 0.1) is 0 Å². The van der Waals surface area contributed by atoms with Crippen LogP contribution in [0.2, 0.25) is 0 Å². The first kappa shape index (κ1) is 15.0. The molecular weight excluding hydrogens is 208 g/mol. The number of nitrogens with zero attached hydrogens (tertiary/aromatic N) is 1. The van der Waals surface area contributed by atoms with E-state index in [-0.39, 0.29) is 0 Å². The van der Waals surface area contributed by atoms with Crippen LogP contribution in [0.3, 0.4) is 0 Å². The van der Waals surface area contributed by atoms with Crippen molar-refractivity contribution in [3.05, 3.63) is 0 Å². The first-order chi connectivity index (χ1) is 7.95. The van der Waals surface area contributed by atoms with E-state index in [0.29, 0.717) is 5.54 Å². The molecule has 0 unspecified atom stereocenters. The molecule has 1 aliphatic rings. The van der Waals surface area contributed by atoms with Crippen molar-refractivity contribution in [2.24, 2.45) is 5.92 Å². The van der Waals surface area contributed by atoms with E-state index in [4.69, 9.17) is 0 Å². The predicted octanol–water partition coefficient (Wildman–Crippen LogP) is 3.28. The second kappa shape index (κ2) is 6.75. The molecule has 1 fully saturated rings. The molecule has 0 aromatic carbocycles. The molecule has 102 valence electrons. The van der Waals surface area contributed by atoms with Gasteiger partial charge in [0, 0.05) is 24.7 Å². The summed E-state index contributed by atoms with van der Waals surface area (Å²) in [4.78, 5) is 2.48. The van der Waals surface area contributed by atoms with E-state index in [0.717, 1.165) is 25.0 Å². The minimum absolute atomic E-state index is 0.336. The summed E-state index contributed by atoms with van der Waals surface area (Å²) in [6.45, 7) is 11.6. The van der Waals surface area contributed by atoms with Gasteiger partial charge in [-0.05, 0) is 58.9 Å². The Hall–Kier alpha value is -0.0800. The number of hydrogen-bond acceptors (Lipinski definition) is 2. The highest BCUT2D eigenvalue weighted by Gasteiger charge is 2.21. The number of likely N-dealkylation sites (N-methyl/N-ethyl adjacent to an activating group) is 1. The number of rotatable bonds is 6. The molecule has 0 aromatic heterocycles. The zero-order chi connectivity index (χ0) is 12.9. The SMILES string of the molecule is CCC(C)(C)N(C)CCNC1CCC(C)CC1. The Morgan fingerprint density at radius 1 is 1.18 bits per heavy atom. The standard InChI is InChI=1S/C15H32N2/c1-6-15(3,4)17(5)12-11-16-14-9-7-13(2)8-10-14/h13-14,16H,6-12H2,1-5H3. The van der Waals surface area contributed by atoms with Crippen molar-refractivity contribution < 1.29 is 0 Å². The van der Waals surface area contributed by atoms with Crippen LogP contribution in [0.15, 0.2) is 0 Å². The average Bonchev–Trinajstić information content (AvgIpc) is 2.31. The monoisotopic (exact) mass is 240 g/mol. The summed E-state index contributed by atoms with van der Waals surface area (Å²) in [6.07, 6.45) is 6.79.